The zero-order valence-corrected chi connectivity index (χ0v) is 18.4. The maximum absolute atomic E-state index is 12.4. The van der Waals surface area contributed by atoms with E-state index in [4.69, 9.17) is 4.42 Å². The summed E-state index contributed by atoms with van der Waals surface area (Å²) in [6, 6.07) is 13.2. The fourth-order valence-corrected chi connectivity index (χ4v) is 3.31. The lowest BCUT2D eigenvalue weighted by molar-refractivity contribution is -0.119. The van der Waals surface area contributed by atoms with Crippen LogP contribution in [0.2, 0.25) is 0 Å². The summed E-state index contributed by atoms with van der Waals surface area (Å²) >= 11 is 1.53. The Hall–Kier alpha value is -2.35. The first-order chi connectivity index (χ1) is 12.9. The monoisotopic (exact) mass is 421 g/mol. The van der Waals surface area contributed by atoms with Gasteiger partial charge in [-0.25, -0.2) is 0 Å². The van der Waals surface area contributed by atoms with Gasteiger partial charge in [0, 0.05) is 29.8 Å². The summed E-state index contributed by atoms with van der Waals surface area (Å²) in [4.78, 5) is 24.2. The van der Waals surface area contributed by atoms with E-state index in [2.05, 4.69) is 0 Å². The molecule has 4 N–H and O–H groups in total. The molecule has 160 valence electrons. The van der Waals surface area contributed by atoms with Gasteiger partial charge in [-0.3, -0.25) is 9.59 Å². The van der Waals surface area contributed by atoms with Crippen LogP contribution in [0.15, 0.2) is 57.9 Å². The van der Waals surface area contributed by atoms with Crippen LogP contribution in [-0.4, -0.2) is 32.3 Å². The molecule has 3 aromatic rings. The highest BCUT2D eigenvalue weighted by Gasteiger charge is 2.28. The van der Waals surface area contributed by atoms with Crippen LogP contribution in [0.25, 0.3) is 22.3 Å². The lowest BCUT2D eigenvalue weighted by Gasteiger charge is -2.24. The van der Waals surface area contributed by atoms with Gasteiger partial charge in [0.15, 0.2) is 0 Å². The van der Waals surface area contributed by atoms with Crippen molar-refractivity contribution in [3.8, 4) is 11.3 Å². The summed E-state index contributed by atoms with van der Waals surface area (Å²) in [6.45, 7) is 8.04. The molecule has 1 aromatic carbocycles. The smallest absolute Gasteiger partial charge is 0.251 e. The van der Waals surface area contributed by atoms with Crippen molar-refractivity contribution >= 4 is 28.5 Å². The van der Waals surface area contributed by atoms with Crippen LogP contribution in [0.5, 0.6) is 0 Å². The lowest BCUT2D eigenvalue weighted by atomic mass is 10.0. The van der Waals surface area contributed by atoms with Gasteiger partial charge in [-0.2, -0.15) is 11.8 Å². The van der Waals surface area contributed by atoms with Crippen LogP contribution in [-0.2, 0) is 11.3 Å². The fraction of sp³-hybridized carbons (Fsp3) is 0.364. The number of Topliss-reactive ketones (excluding diaryl/α,β-unsaturated/α-hetero) is 1. The Morgan fingerprint density at radius 3 is 2.34 bits per heavy atom. The zero-order chi connectivity index (χ0) is 20.0. The molecule has 0 aliphatic carbocycles. The topological polar surface area (TPSA) is 115 Å². The number of furan rings is 1. The van der Waals surface area contributed by atoms with E-state index in [0.717, 1.165) is 16.5 Å². The van der Waals surface area contributed by atoms with Gasteiger partial charge in [0.05, 0.1) is 4.75 Å². The number of ketones is 1. The molecule has 3 rings (SSSR count). The van der Waals surface area contributed by atoms with Crippen LogP contribution < -0.4 is 5.56 Å². The average Bonchev–Trinajstić information content (AvgIpc) is 3.12. The number of aromatic nitrogens is 1. The first kappa shape index (κ1) is 26.6. The maximum Gasteiger partial charge on any atom is 0.251 e. The Labute approximate surface area is 175 Å². The molecule has 6 nitrogen and oxygen atoms in total. The Bertz CT molecular complexity index is 945. The molecule has 0 bridgehead atoms. The van der Waals surface area contributed by atoms with Crippen molar-refractivity contribution in [1.82, 2.24) is 4.57 Å². The molecule has 29 heavy (non-hydrogen) atoms. The normalized spacial score (nSPS) is 12.0. The van der Waals surface area contributed by atoms with E-state index in [0.29, 0.717) is 18.7 Å². The fourth-order valence-electron chi connectivity index (χ4n) is 2.73. The maximum atomic E-state index is 12.4. The minimum absolute atomic E-state index is 0. The van der Waals surface area contributed by atoms with E-state index in [1.807, 2.05) is 63.4 Å². The van der Waals surface area contributed by atoms with Gasteiger partial charge < -0.3 is 19.9 Å². The SMILES string of the molecule is CC.CSC(C)(CCn1ccc(-c2cc3ccccc3o2)cc1=O)C(C)=O.O.O. The molecule has 0 fully saturated rings. The second-order valence-electron chi connectivity index (χ2n) is 6.34. The van der Waals surface area contributed by atoms with Crippen molar-refractivity contribution in [3.05, 3.63) is 59.0 Å². The standard InChI is InChI=1S/C20H21NO3S.C2H6.2H2O/c1-14(22)20(2,25-3)9-11-21-10-8-16(13-19(21)23)18-12-15-6-4-5-7-17(15)24-18;1-2;;/h4-8,10,12-13H,9,11H2,1-3H3;1-2H3;2*1H2. The van der Waals surface area contributed by atoms with E-state index in [-0.39, 0.29) is 22.3 Å². The highest BCUT2D eigenvalue weighted by Crippen LogP contribution is 2.29. The number of hydrogen-bond donors (Lipinski definition) is 0. The summed E-state index contributed by atoms with van der Waals surface area (Å²) < 4.78 is 7.00. The van der Waals surface area contributed by atoms with Gasteiger partial charge in [0.25, 0.3) is 5.56 Å². The number of pyridine rings is 1. The minimum atomic E-state index is -0.461. The van der Waals surface area contributed by atoms with Gasteiger partial charge in [-0.1, -0.05) is 32.0 Å². The molecule has 2 aromatic heterocycles. The summed E-state index contributed by atoms with van der Waals surface area (Å²) in [6.07, 6.45) is 4.31. The summed E-state index contributed by atoms with van der Waals surface area (Å²) in [5.41, 5.74) is 1.47. The number of rotatable bonds is 6. The van der Waals surface area contributed by atoms with Gasteiger partial charge in [-0.05, 0) is 44.7 Å². The number of carbonyl (C=O) groups excluding carboxylic acids is 1. The molecule has 0 aliphatic heterocycles. The Kier molecular flexibility index (Phi) is 10.7. The molecule has 0 aliphatic rings. The number of fused-ring (bicyclic) bond motifs is 1. The molecule has 1 unspecified atom stereocenters. The number of aryl methyl sites for hydroxylation is 1. The van der Waals surface area contributed by atoms with Gasteiger partial charge in [0.1, 0.15) is 17.1 Å². The largest absolute Gasteiger partial charge is 0.456 e. The van der Waals surface area contributed by atoms with Crippen LogP contribution in [0.4, 0.5) is 0 Å². The zero-order valence-electron chi connectivity index (χ0n) is 17.6. The highest BCUT2D eigenvalue weighted by atomic mass is 32.2. The quantitative estimate of drug-likeness (QED) is 0.603. The van der Waals surface area contributed by atoms with E-state index in [9.17, 15) is 9.59 Å². The first-order valence-corrected chi connectivity index (χ1v) is 10.4. The van der Waals surface area contributed by atoms with Gasteiger partial charge in [0.2, 0.25) is 0 Å². The number of thioether (sulfide) groups is 1. The molecule has 0 spiro atoms. The molecule has 0 amide bonds. The van der Waals surface area contributed by atoms with Crippen molar-refractivity contribution in [2.24, 2.45) is 0 Å². The third-order valence-electron chi connectivity index (χ3n) is 4.73. The van der Waals surface area contributed by atoms with E-state index in [1.54, 1.807) is 23.8 Å². The van der Waals surface area contributed by atoms with Gasteiger partial charge in [-0.15, -0.1) is 0 Å². The molecule has 0 radical (unpaired) electrons. The average molecular weight is 422 g/mol. The summed E-state index contributed by atoms with van der Waals surface area (Å²) in [5, 5.41) is 1.01. The van der Waals surface area contributed by atoms with Gasteiger partial charge >= 0.3 is 0 Å². The lowest BCUT2D eigenvalue weighted by Crippen LogP contribution is -2.32. The molecule has 0 saturated heterocycles. The number of hydrogen-bond acceptors (Lipinski definition) is 4. The van der Waals surface area contributed by atoms with E-state index < -0.39 is 4.75 Å². The second-order valence-corrected chi connectivity index (χ2v) is 7.65. The van der Waals surface area contributed by atoms with Crippen molar-refractivity contribution in [1.29, 1.82) is 0 Å². The van der Waals surface area contributed by atoms with Crippen LogP contribution in [0.1, 0.15) is 34.1 Å². The predicted molar refractivity (Wildman–Crippen MR) is 122 cm³/mol. The number of benzene rings is 1. The van der Waals surface area contributed by atoms with E-state index >= 15 is 0 Å². The third-order valence-corrected chi connectivity index (χ3v) is 6.12. The molecular weight excluding hydrogens is 390 g/mol. The third kappa shape index (κ3) is 6.06. The minimum Gasteiger partial charge on any atom is -0.456 e. The predicted octanol–water partition coefficient (Wildman–Crippen LogP) is 3.74. The van der Waals surface area contributed by atoms with Crippen molar-refractivity contribution < 1.29 is 20.2 Å². The molecule has 7 heteroatoms. The Balaban J connectivity index is 0.00000190. The molecular formula is C22H31NO5S. The number of para-hydroxylation sites is 1. The molecule has 0 saturated carbocycles. The Morgan fingerprint density at radius 1 is 1.14 bits per heavy atom. The molecule has 2 heterocycles. The first-order valence-electron chi connectivity index (χ1n) is 9.18. The van der Waals surface area contributed by atoms with Crippen molar-refractivity contribution in [3.63, 3.8) is 0 Å². The molecule has 1 atom stereocenters. The van der Waals surface area contributed by atoms with E-state index in [1.165, 1.54) is 11.8 Å². The number of carbonyl (C=O) groups is 1. The highest BCUT2D eigenvalue weighted by molar-refractivity contribution is 8.00. The number of nitrogens with zero attached hydrogens (tertiary/aromatic N) is 1. The Morgan fingerprint density at radius 2 is 1.79 bits per heavy atom. The van der Waals surface area contributed by atoms with Crippen LogP contribution in [0, 0.1) is 0 Å². The van der Waals surface area contributed by atoms with Crippen LogP contribution >= 0.6 is 11.8 Å². The summed E-state index contributed by atoms with van der Waals surface area (Å²) in [5.74, 6) is 0.815. The second kappa shape index (κ2) is 11.6. The summed E-state index contributed by atoms with van der Waals surface area (Å²) in [7, 11) is 0. The van der Waals surface area contributed by atoms with Crippen LogP contribution in [0.3, 0.4) is 0 Å². The van der Waals surface area contributed by atoms with Crippen molar-refractivity contribution in [2.45, 2.75) is 45.4 Å². The van der Waals surface area contributed by atoms with Crippen molar-refractivity contribution in [2.75, 3.05) is 6.26 Å².